The number of Topliss-reactive ketones (excluding diaryl/α,β-unsaturated/α-hetero) is 1. The van der Waals surface area contributed by atoms with Crippen molar-refractivity contribution in [3.8, 4) is 11.3 Å². The van der Waals surface area contributed by atoms with Gasteiger partial charge in [0.05, 0.1) is 97.3 Å². The number of amides is 3. The maximum absolute atomic E-state index is 13.8. The summed E-state index contributed by atoms with van der Waals surface area (Å²) in [4.78, 5) is 64.9. The summed E-state index contributed by atoms with van der Waals surface area (Å²) in [6, 6.07) is 16.1. The topological polar surface area (TPSA) is 180 Å². The maximum Gasteiger partial charge on any atom is 0.409 e. The average molecular weight is 949 g/mol. The first-order chi connectivity index (χ1) is 33.2. The summed E-state index contributed by atoms with van der Waals surface area (Å²) in [5.74, 6) is -0.640. The third-order valence-corrected chi connectivity index (χ3v) is 11.5. The predicted octanol–water partition coefficient (Wildman–Crippen LogP) is 5.16. The second-order valence-corrected chi connectivity index (χ2v) is 16.5. The fourth-order valence-corrected chi connectivity index (χ4v) is 7.60. The molecule has 18 heteroatoms. The first-order valence-electron chi connectivity index (χ1n) is 23.9. The molecule has 2 fully saturated rings. The van der Waals surface area contributed by atoms with E-state index in [1.807, 2.05) is 18.2 Å². The minimum absolute atomic E-state index is 0.0706. The van der Waals surface area contributed by atoms with E-state index < -0.39 is 0 Å². The summed E-state index contributed by atoms with van der Waals surface area (Å²) in [5.41, 5.74) is 4.16. The van der Waals surface area contributed by atoms with Crippen molar-refractivity contribution in [2.24, 2.45) is 0 Å². The van der Waals surface area contributed by atoms with Crippen LogP contribution in [0.25, 0.3) is 11.3 Å². The van der Waals surface area contributed by atoms with Crippen LogP contribution in [0.1, 0.15) is 63.7 Å². The number of hydrogen-bond acceptors (Lipinski definition) is 15. The van der Waals surface area contributed by atoms with Gasteiger partial charge in [-0.05, 0) is 87.7 Å². The van der Waals surface area contributed by atoms with Gasteiger partial charge in [0.15, 0.2) is 5.78 Å². The second kappa shape index (κ2) is 31.2. The number of anilines is 2. The van der Waals surface area contributed by atoms with E-state index in [0.717, 1.165) is 44.6 Å². The van der Waals surface area contributed by atoms with Crippen LogP contribution >= 0.6 is 0 Å². The Bertz CT molecular complexity index is 1980. The quantitative estimate of drug-likeness (QED) is 0.0684. The Hall–Kier alpha value is -5.05. The highest BCUT2D eigenvalue weighted by Gasteiger charge is 2.22. The molecule has 5 rings (SSSR count). The molecule has 2 aliphatic heterocycles. The van der Waals surface area contributed by atoms with Crippen LogP contribution in [-0.2, 0) is 37.9 Å². The molecule has 2 aromatic carbocycles. The van der Waals surface area contributed by atoms with Crippen LogP contribution in [0.5, 0.6) is 0 Å². The van der Waals surface area contributed by atoms with Gasteiger partial charge in [0.2, 0.25) is 0 Å². The van der Waals surface area contributed by atoms with Gasteiger partial charge in [-0.15, -0.1) is 0 Å². The molecule has 3 heterocycles. The molecule has 18 nitrogen and oxygen atoms in total. The van der Waals surface area contributed by atoms with E-state index in [4.69, 9.17) is 37.9 Å². The molecule has 1 aromatic heterocycles. The van der Waals surface area contributed by atoms with E-state index in [1.54, 1.807) is 66.6 Å². The number of ether oxygens (including phenoxy) is 8. The number of nitrogens with one attached hydrogen (secondary N) is 1. The number of hydrogen-bond donors (Lipinski definition) is 1. The van der Waals surface area contributed by atoms with Gasteiger partial charge in [-0.3, -0.25) is 24.3 Å². The van der Waals surface area contributed by atoms with Gasteiger partial charge < -0.3 is 57.9 Å². The number of ketones is 1. The second-order valence-electron chi connectivity index (χ2n) is 16.5. The van der Waals surface area contributed by atoms with Gasteiger partial charge in [-0.2, -0.15) is 0 Å². The SMILES string of the molecule is COCCOCCOCCOCCOCCOCCOCCOC(=O)N1CCCN(CCN(C)C(=O)c2cccc(C(=O)Nc3ccc(N4CCCCC4)cc3-c3cc(C(C)=O)ccn3)c2)CC1. The molecule has 3 aromatic rings. The first kappa shape index (κ1) is 53.9. The molecule has 68 heavy (non-hydrogen) atoms. The molecule has 0 bridgehead atoms. The number of methoxy groups -OCH3 is 1. The monoisotopic (exact) mass is 949 g/mol. The van der Waals surface area contributed by atoms with Crippen molar-refractivity contribution in [3.63, 3.8) is 0 Å². The molecule has 374 valence electrons. The molecule has 0 atom stereocenters. The van der Waals surface area contributed by atoms with Gasteiger partial charge in [-0.1, -0.05) is 6.07 Å². The molecular weight excluding hydrogens is 877 g/mol. The molecule has 0 saturated carbocycles. The molecule has 1 N–H and O–H groups in total. The van der Waals surface area contributed by atoms with Crippen LogP contribution in [0.15, 0.2) is 60.8 Å². The predicted molar refractivity (Wildman–Crippen MR) is 258 cm³/mol. The van der Waals surface area contributed by atoms with Crippen LogP contribution in [0.4, 0.5) is 16.2 Å². The molecule has 0 unspecified atom stereocenters. The smallest absolute Gasteiger partial charge is 0.409 e. The molecule has 2 saturated heterocycles. The summed E-state index contributed by atoms with van der Waals surface area (Å²) >= 11 is 0. The zero-order valence-corrected chi connectivity index (χ0v) is 40.3. The highest BCUT2D eigenvalue weighted by atomic mass is 16.6. The van der Waals surface area contributed by atoms with Gasteiger partial charge >= 0.3 is 6.09 Å². The minimum Gasteiger partial charge on any atom is -0.447 e. The Labute approximate surface area is 401 Å². The minimum atomic E-state index is -0.371. The van der Waals surface area contributed by atoms with Crippen LogP contribution in [-0.4, -0.2) is 202 Å². The Morgan fingerprint density at radius 1 is 0.632 bits per heavy atom. The first-order valence-corrected chi connectivity index (χ1v) is 23.9. The van der Waals surface area contributed by atoms with E-state index in [2.05, 4.69) is 20.1 Å². The van der Waals surface area contributed by atoms with E-state index in [-0.39, 0.29) is 36.9 Å². The summed E-state index contributed by atoms with van der Waals surface area (Å²) in [6.45, 7) is 13.2. The number of carbonyl (C=O) groups excluding carboxylic acids is 4. The number of likely N-dealkylation sites (N-methyl/N-ethyl adjacent to an activating group) is 1. The summed E-state index contributed by atoms with van der Waals surface area (Å²) < 4.78 is 43.2. The number of nitrogens with zero attached hydrogens (tertiary/aromatic N) is 5. The van der Waals surface area contributed by atoms with Gasteiger partial charge in [-0.25, -0.2) is 4.79 Å². The zero-order valence-electron chi connectivity index (χ0n) is 40.3. The molecule has 0 radical (unpaired) electrons. The lowest BCUT2D eigenvalue weighted by Gasteiger charge is -2.29. The summed E-state index contributed by atoms with van der Waals surface area (Å²) in [6.07, 6.45) is 5.45. The maximum atomic E-state index is 13.8. The lowest BCUT2D eigenvalue weighted by molar-refractivity contribution is -0.0209. The number of benzene rings is 2. The highest BCUT2D eigenvalue weighted by molar-refractivity contribution is 6.08. The average Bonchev–Trinajstić information content (AvgIpc) is 3.62. The largest absolute Gasteiger partial charge is 0.447 e. The third-order valence-electron chi connectivity index (χ3n) is 11.5. The number of rotatable bonds is 30. The van der Waals surface area contributed by atoms with Crippen molar-refractivity contribution in [2.45, 2.75) is 32.6 Å². The van der Waals surface area contributed by atoms with Crippen LogP contribution < -0.4 is 10.2 Å². The fourth-order valence-electron chi connectivity index (χ4n) is 7.60. The lowest BCUT2D eigenvalue weighted by Crippen LogP contribution is -2.39. The van der Waals surface area contributed by atoms with Gasteiger partial charge in [0.1, 0.15) is 6.61 Å². The molecular formula is C50H72N6O12. The third kappa shape index (κ3) is 19.2. The van der Waals surface area contributed by atoms with Gasteiger partial charge in [0, 0.05) is 94.1 Å². The van der Waals surface area contributed by atoms with Crippen molar-refractivity contribution in [3.05, 3.63) is 77.5 Å². The highest BCUT2D eigenvalue weighted by Crippen LogP contribution is 2.33. The van der Waals surface area contributed by atoms with Crippen LogP contribution in [0, 0.1) is 0 Å². The molecule has 0 aliphatic carbocycles. The van der Waals surface area contributed by atoms with Crippen molar-refractivity contribution in [1.82, 2.24) is 19.7 Å². The Kier molecular flexibility index (Phi) is 24.7. The van der Waals surface area contributed by atoms with Crippen molar-refractivity contribution < 1.29 is 57.1 Å². The Morgan fingerprint density at radius 2 is 1.25 bits per heavy atom. The van der Waals surface area contributed by atoms with E-state index in [9.17, 15) is 19.2 Å². The zero-order chi connectivity index (χ0) is 48.2. The van der Waals surface area contributed by atoms with Crippen molar-refractivity contribution in [2.75, 3.05) is 169 Å². The Morgan fingerprint density at radius 3 is 1.88 bits per heavy atom. The van der Waals surface area contributed by atoms with E-state index in [1.165, 1.54) is 13.3 Å². The van der Waals surface area contributed by atoms with Crippen molar-refractivity contribution >= 4 is 35.1 Å². The van der Waals surface area contributed by atoms with Crippen LogP contribution in [0.3, 0.4) is 0 Å². The fraction of sp³-hybridized carbons (Fsp3) is 0.580. The normalized spacial score (nSPS) is 14.4. The standard InChI is InChI=1S/C50H72N6O12/c1-40(57)41-13-14-51-47(38-41)45-39-44(55-16-5-4-6-17-55)11-12-46(45)52-48(58)42-9-7-10-43(37-42)49(59)53(2)19-20-54-15-8-18-56(22-21-54)50(60)68-36-35-67-34-33-66-32-31-65-30-29-64-28-27-63-26-25-62-24-23-61-3/h7,9-14,37-39H,4-6,8,15-36H2,1-3H3,(H,52,58). The van der Waals surface area contributed by atoms with Crippen molar-refractivity contribution in [1.29, 1.82) is 0 Å². The summed E-state index contributed by atoms with van der Waals surface area (Å²) in [5, 5.41) is 3.05. The molecule has 3 amide bonds. The summed E-state index contributed by atoms with van der Waals surface area (Å²) in [7, 11) is 3.39. The number of aromatic nitrogens is 1. The lowest BCUT2D eigenvalue weighted by atomic mass is 10.0. The number of carbonyl (C=O) groups is 4. The molecule has 2 aliphatic rings. The number of pyridine rings is 1. The van der Waals surface area contributed by atoms with Crippen LogP contribution in [0.2, 0.25) is 0 Å². The van der Waals surface area contributed by atoms with Gasteiger partial charge in [0.25, 0.3) is 11.8 Å². The number of piperidine rings is 1. The molecule has 0 spiro atoms. The van der Waals surface area contributed by atoms with E-state index >= 15 is 0 Å². The van der Waals surface area contributed by atoms with E-state index in [0.29, 0.717) is 146 Å². The Balaban J connectivity index is 0.948.